The molecule has 10 heteroatoms. The van der Waals surface area contributed by atoms with E-state index in [0.29, 0.717) is 17.3 Å². The van der Waals surface area contributed by atoms with Crippen LogP contribution in [0.4, 0.5) is 0 Å². The third-order valence-corrected chi connectivity index (χ3v) is 2.71. The number of esters is 1. The van der Waals surface area contributed by atoms with Crippen LogP contribution in [0.2, 0.25) is 0 Å². The molecule has 1 heterocycles. The zero-order valence-electron chi connectivity index (χ0n) is 13.3. The zero-order valence-corrected chi connectivity index (χ0v) is 14.0. The lowest BCUT2D eigenvalue weighted by molar-refractivity contribution is -2.00. The van der Waals surface area contributed by atoms with Crippen LogP contribution in [0.5, 0.6) is 17.4 Å². The molecule has 9 nitrogen and oxygen atoms in total. The molecular formula is C14H15ClO9. The van der Waals surface area contributed by atoms with Crippen LogP contribution < -0.4 is 32.8 Å². The number of carbonyl (C=O) groups is 1. The summed E-state index contributed by atoms with van der Waals surface area (Å²) in [4.78, 5) is 11.0. The molecule has 0 saturated carbocycles. The molecule has 0 unspecified atom stereocenters. The van der Waals surface area contributed by atoms with Crippen LogP contribution >= 0.6 is 0 Å². The van der Waals surface area contributed by atoms with E-state index < -0.39 is 16.2 Å². The second-order valence-corrected chi connectivity index (χ2v) is 5.14. The van der Waals surface area contributed by atoms with Gasteiger partial charge in [-0.2, -0.15) is 0 Å². The lowest BCUT2D eigenvalue weighted by Crippen LogP contribution is -2.68. The molecule has 0 aliphatic carbocycles. The Hall–Kier alpha value is -2.17. The van der Waals surface area contributed by atoms with Crippen LogP contribution in [0.3, 0.4) is 0 Å². The minimum absolute atomic E-state index is 0.157. The van der Waals surface area contributed by atoms with Gasteiger partial charge in [0.15, 0.2) is 11.5 Å². The van der Waals surface area contributed by atoms with E-state index in [-0.39, 0.29) is 5.95 Å². The molecule has 0 bridgehead atoms. The van der Waals surface area contributed by atoms with Gasteiger partial charge in [0, 0.05) is 12.3 Å². The molecule has 132 valence electrons. The van der Waals surface area contributed by atoms with Crippen molar-refractivity contribution in [3.63, 3.8) is 0 Å². The molecule has 0 aliphatic rings. The van der Waals surface area contributed by atoms with Crippen LogP contribution in [0.15, 0.2) is 22.6 Å². The van der Waals surface area contributed by atoms with E-state index >= 15 is 0 Å². The van der Waals surface area contributed by atoms with Gasteiger partial charge in [-0.3, -0.25) is 4.42 Å². The summed E-state index contributed by atoms with van der Waals surface area (Å²) < 4.78 is 54.8. The topological polar surface area (TPSA) is 148 Å². The Kier molecular flexibility index (Phi) is 6.70. The largest absolute Gasteiger partial charge is 0.527 e. The highest BCUT2D eigenvalue weighted by Crippen LogP contribution is 2.35. The Morgan fingerprint density at radius 1 is 1.04 bits per heavy atom. The summed E-state index contributed by atoms with van der Waals surface area (Å²) in [5.41, 5.74) is 0. The summed E-state index contributed by atoms with van der Waals surface area (Å²) in [5, 5.41) is 1.71. The number of ether oxygens (including phenoxy) is 3. The second-order valence-electron chi connectivity index (χ2n) is 4.39. The molecule has 24 heavy (non-hydrogen) atoms. The highest BCUT2D eigenvalue weighted by Gasteiger charge is 2.19. The van der Waals surface area contributed by atoms with E-state index in [1.807, 2.05) is 12.1 Å². The molecule has 1 aromatic heterocycles. The average Bonchev–Trinajstić information content (AvgIpc) is 2.43. The highest BCUT2D eigenvalue weighted by molar-refractivity contribution is 5.88. The van der Waals surface area contributed by atoms with Crippen LogP contribution in [0, 0.1) is 17.2 Å². The van der Waals surface area contributed by atoms with Gasteiger partial charge in [0.1, 0.15) is 0 Å². The molecule has 2 rings (SSSR count). The van der Waals surface area contributed by atoms with Gasteiger partial charge in [-0.05, 0) is 12.1 Å². The van der Waals surface area contributed by atoms with Crippen molar-refractivity contribution in [1.82, 2.24) is 0 Å². The van der Waals surface area contributed by atoms with Crippen LogP contribution in [0.25, 0.3) is 10.8 Å². The van der Waals surface area contributed by atoms with E-state index in [9.17, 15) is 4.79 Å². The first-order valence-corrected chi connectivity index (χ1v) is 7.58. The van der Waals surface area contributed by atoms with Gasteiger partial charge in [-0.25, -0.2) is 28.2 Å². The van der Waals surface area contributed by atoms with Gasteiger partial charge in [-0.15, -0.1) is 10.2 Å². The summed E-state index contributed by atoms with van der Waals surface area (Å²) in [5.74, 6) is 1.59. The number of carbonyl (C=O) groups excluding carboxylic acids is 1. The summed E-state index contributed by atoms with van der Waals surface area (Å²) in [6.07, 6.45) is 0. The SMILES string of the molecule is COc1cc2cc(OC(C)=O)[o+]c(C)c2cc1OC.[O-][Cl+3]([O-])([O-])[O-]. The Morgan fingerprint density at radius 2 is 1.54 bits per heavy atom. The third kappa shape index (κ3) is 6.14. The molecule has 0 aliphatic heterocycles. The van der Waals surface area contributed by atoms with Gasteiger partial charge in [0.05, 0.1) is 32.6 Å². The minimum Gasteiger partial charge on any atom is -0.493 e. The Morgan fingerprint density at radius 3 is 2.00 bits per heavy atom. The smallest absolute Gasteiger partial charge is 0.493 e. The molecule has 0 atom stereocenters. The fourth-order valence-electron chi connectivity index (χ4n) is 1.87. The first kappa shape index (κ1) is 19.9. The van der Waals surface area contributed by atoms with Crippen molar-refractivity contribution < 1.29 is 52.3 Å². The lowest BCUT2D eigenvalue weighted by Gasteiger charge is -2.17. The number of hydrogen-bond acceptors (Lipinski definition) is 8. The molecule has 0 amide bonds. The molecule has 0 radical (unpaired) electrons. The number of hydrogen-bond donors (Lipinski definition) is 0. The molecule has 1 aromatic carbocycles. The van der Waals surface area contributed by atoms with E-state index in [1.165, 1.54) is 6.92 Å². The number of benzene rings is 1. The maximum absolute atomic E-state index is 11.0. The van der Waals surface area contributed by atoms with Gasteiger partial charge in [-0.1, -0.05) is 0 Å². The van der Waals surface area contributed by atoms with Crippen molar-refractivity contribution in [1.29, 1.82) is 0 Å². The maximum Gasteiger partial charge on any atom is 0.527 e. The Bertz CT molecular complexity index is 718. The van der Waals surface area contributed by atoms with E-state index in [2.05, 4.69) is 0 Å². The van der Waals surface area contributed by atoms with Crippen molar-refractivity contribution in [3.05, 3.63) is 24.0 Å². The van der Waals surface area contributed by atoms with Crippen molar-refractivity contribution in [2.45, 2.75) is 13.8 Å². The number of aryl methyl sites for hydroxylation is 1. The molecule has 2 aromatic rings. The van der Waals surface area contributed by atoms with Crippen LogP contribution in [0.1, 0.15) is 12.7 Å². The number of fused-ring (bicyclic) bond motifs is 1. The van der Waals surface area contributed by atoms with Gasteiger partial charge >= 0.3 is 11.9 Å². The van der Waals surface area contributed by atoms with Gasteiger partial charge < -0.3 is 9.47 Å². The van der Waals surface area contributed by atoms with E-state index in [0.717, 1.165) is 10.8 Å². The summed E-state index contributed by atoms with van der Waals surface area (Å²) in [7, 11) is -1.81. The monoisotopic (exact) mass is 362 g/mol. The number of halogens is 1. The van der Waals surface area contributed by atoms with E-state index in [1.54, 1.807) is 27.2 Å². The normalized spacial score (nSPS) is 10.7. The first-order valence-electron chi connectivity index (χ1n) is 6.34. The maximum atomic E-state index is 11.0. The molecule has 0 saturated heterocycles. The molecule has 0 fully saturated rings. The zero-order chi connectivity index (χ0) is 18.5. The van der Waals surface area contributed by atoms with Gasteiger partial charge in [0.2, 0.25) is 5.76 Å². The van der Waals surface area contributed by atoms with Crippen LogP contribution in [-0.4, -0.2) is 20.2 Å². The van der Waals surface area contributed by atoms with Crippen LogP contribution in [-0.2, 0) is 4.79 Å². The number of rotatable bonds is 3. The summed E-state index contributed by atoms with van der Waals surface area (Å²) in [6.45, 7) is 3.12. The fraction of sp³-hybridized carbons (Fsp3) is 0.286. The fourth-order valence-corrected chi connectivity index (χ4v) is 1.87. The second kappa shape index (κ2) is 8.08. The molecular weight excluding hydrogens is 348 g/mol. The Labute approximate surface area is 139 Å². The van der Waals surface area contributed by atoms with Crippen molar-refractivity contribution >= 4 is 16.7 Å². The minimum atomic E-state index is -4.94. The third-order valence-electron chi connectivity index (χ3n) is 2.71. The predicted octanol–water partition coefficient (Wildman–Crippen LogP) is -1.79. The average molecular weight is 363 g/mol. The first-order chi connectivity index (χ1) is 11.0. The highest BCUT2D eigenvalue weighted by atomic mass is 35.7. The molecule has 0 N–H and O–H groups in total. The quantitative estimate of drug-likeness (QED) is 0.455. The van der Waals surface area contributed by atoms with E-state index in [4.69, 9.17) is 37.3 Å². The van der Waals surface area contributed by atoms with Crippen molar-refractivity contribution in [2.24, 2.45) is 0 Å². The van der Waals surface area contributed by atoms with Gasteiger partial charge in [0.25, 0.3) is 0 Å². The molecule has 0 spiro atoms. The predicted molar refractivity (Wildman–Crippen MR) is 69.8 cm³/mol. The summed E-state index contributed by atoms with van der Waals surface area (Å²) >= 11 is 0. The van der Waals surface area contributed by atoms with Crippen molar-refractivity contribution in [3.8, 4) is 17.4 Å². The Balaban J connectivity index is 0.000000505. The number of methoxy groups -OCH3 is 2. The standard InChI is InChI=1S/C14H15O5.ClHO4/c1-8-11-7-13(17-4)12(16-3)5-10(11)6-14(18-8)19-9(2)15;2-1(3,4)5/h5-7H,1-4H3;(H,2,3,4,5)/q+1;/p-1. The lowest BCUT2D eigenvalue weighted by atomic mass is 10.1. The summed E-state index contributed by atoms with van der Waals surface area (Å²) in [6, 6.07) is 5.28. The van der Waals surface area contributed by atoms with Crippen molar-refractivity contribution in [2.75, 3.05) is 14.2 Å².